The molecule has 1 aliphatic heterocycles. The van der Waals surface area contributed by atoms with E-state index < -0.39 is 0 Å². The number of rotatable bonds is 2. The number of aromatic nitrogens is 3. The fraction of sp³-hybridized carbons (Fsp3) is 0.467. The first-order valence-corrected chi connectivity index (χ1v) is 7.97. The normalized spacial score (nSPS) is 18.0. The quantitative estimate of drug-likeness (QED) is 0.924. The predicted molar refractivity (Wildman–Crippen MR) is 85.3 cm³/mol. The average molecular weight is 304 g/mol. The highest BCUT2D eigenvalue weighted by Crippen LogP contribution is 2.35. The monoisotopic (exact) mass is 304 g/mol. The number of hydrogen-bond acceptors (Lipinski definition) is 5. The molecule has 0 spiro atoms. The molecule has 2 aromatic rings. The molecule has 0 saturated carbocycles. The van der Waals surface area contributed by atoms with Crippen LogP contribution in [0.15, 0.2) is 29.4 Å². The Morgan fingerprint density at radius 2 is 2.05 bits per heavy atom. The number of thioether (sulfide) groups is 1. The van der Waals surface area contributed by atoms with Gasteiger partial charge in [-0.1, -0.05) is 44.7 Å². The molecule has 21 heavy (non-hydrogen) atoms. The van der Waals surface area contributed by atoms with Crippen molar-refractivity contribution in [3.05, 3.63) is 24.3 Å². The second kappa shape index (κ2) is 5.26. The Balaban J connectivity index is 2.02. The van der Waals surface area contributed by atoms with Crippen molar-refractivity contribution >= 4 is 11.8 Å². The first-order chi connectivity index (χ1) is 10.0. The largest absolute Gasteiger partial charge is 0.496 e. The summed E-state index contributed by atoms with van der Waals surface area (Å²) < 4.78 is 7.43. The van der Waals surface area contributed by atoms with Crippen molar-refractivity contribution in [1.82, 2.24) is 14.9 Å². The summed E-state index contributed by atoms with van der Waals surface area (Å²) in [6, 6.07) is 8.24. The fourth-order valence-electron chi connectivity index (χ4n) is 2.28. The van der Waals surface area contributed by atoms with Crippen molar-refractivity contribution in [3.63, 3.8) is 0 Å². The van der Waals surface area contributed by atoms with Gasteiger partial charge in [-0.3, -0.25) is 0 Å². The molecular weight excluding hydrogens is 284 g/mol. The maximum atomic E-state index is 5.44. The number of methoxy groups -OCH3 is 1. The second-order valence-electron chi connectivity index (χ2n) is 6.20. The zero-order valence-corrected chi connectivity index (χ0v) is 13.6. The van der Waals surface area contributed by atoms with E-state index in [1.807, 2.05) is 28.9 Å². The van der Waals surface area contributed by atoms with Gasteiger partial charge in [0.1, 0.15) is 5.75 Å². The van der Waals surface area contributed by atoms with Crippen LogP contribution >= 0.6 is 11.8 Å². The minimum Gasteiger partial charge on any atom is -0.496 e. The molecule has 3 rings (SSSR count). The number of nitrogens with one attached hydrogen (secondary N) is 1. The third-order valence-corrected chi connectivity index (χ3v) is 4.71. The lowest BCUT2D eigenvalue weighted by atomic mass is 9.88. The first-order valence-electron chi connectivity index (χ1n) is 6.99. The van der Waals surface area contributed by atoms with Gasteiger partial charge in [-0.05, 0) is 17.5 Å². The molecule has 5 nitrogen and oxygen atoms in total. The number of hydrogen-bond donors (Lipinski definition) is 1. The van der Waals surface area contributed by atoms with Crippen LogP contribution in [0, 0.1) is 5.41 Å². The van der Waals surface area contributed by atoms with Gasteiger partial charge in [0.25, 0.3) is 0 Å². The van der Waals surface area contributed by atoms with Gasteiger partial charge < -0.3 is 10.2 Å². The van der Waals surface area contributed by atoms with Crippen LogP contribution in [-0.2, 0) is 0 Å². The van der Waals surface area contributed by atoms with E-state index in [0.717, 1.165) is 28.0 Å². The van der Waals surface area contributed by atoms with Crippen LogP contribution < -0.4 is 10.2 Å². The van der Waals surface area contributed by atoms with Crippen molar-refractivity contribution in [2.75, 3.05) is 18.3 Å². The number of para-hydroxylation sites is 1. The van der Waals surface area contributed by atoms with E-state index in [0.29, 0.717) is 6.04 Å². The molecule has 0 aliphatic carbocycles. The van der Waals surface area contributed by atoms with Crippen LogP contribution in [-0.4, -0.2) is 33.8 Å². The molecule has 1 unspecified atom stereocenters. The summed E-state index contributed by atoms with van der Waals surface area (Å²) >= 11 is 1.74. The summed E-state index contributed by atoms with van der Waals surface area (Å²) in [5.41, 5.74) is 4.67. The zero-order valence-electron chi connectivity index (χ0n) is 12.8. The second-order valence-corrected chi connectivity index (χ2v) is 7.19. The topological polar surface area (TPSA) is 52.0 Å². The lowest BCUT2D eigenvalue weighted by Crippen LogP contribution is -2.43. The van der Waals surface area contributed by atoms with Gasteiger partial charge in [-0.2, -0.15) is 0 Å². The third-order valence-electron chi connectivity index (χ3n) is 3.69. The Morgan fingerprint density at radius 3 is 2.76 bits per heavy atom. The number of ether oxygens (including phenoxy) is 1. The third kappa shape index (κ3) is 2.60. The Kier molecular flexibility index (Phi) is 3.57. The standard InChI is InChI=1S/C15H20N4OS/c1-15(2,3)12-9-21-14-17-16-13(19(14)18-12)10-7-5-6-8-11(10)20-4/h5-8,12,18H,9H2,1-4H3. The fourth-order valence-corrected chi connectivity index (χ4v) is 3.54. The van der Waals surface area contributed by atoms with E-state index in [1.165, 1.54) is 0 Å². The Hall–Kier alpha value is -1.69. The van der Waals surface area contributed by atoms with E-state index in [-0.39, 0.29) is 5.41 Å². The van der Waals surface area contributed by atoms with E-state index in [2.05, 4.69) is 36.4 Å². The molecule has 0 saturated heterocycles. The smallest absolute Gasteiger partial charge is 0.210 e. The van der Waals surface area contributed by atoms with Crippen molar-refractivity contribution in [2.24, 2.45) is 5.41 Å². The van der Waals surface area contributed by atoms with Gasteiger partial charge in [-0.25, -0.2) is 4.68 Å². The van der Waals surface area contributed by atoms with E-state index >= 15 is 0 Å². The van der Waals surface area contributed by atoms with Gasteiger partial charge in [0.15, 0.2) is 5.82 Å². The van der Waals surface area contributed by atoms with Crippen LogP contribution in [0.25, 0.3) is 11.4 Å². The lowest BCUT2D eigenvalue weighted by molar-refractivity contribution is 0.337. The van der Waals surface area contributed by atoms with Gasteiger partial charge in [0, 0.05) is 5.75 Å². The predicted octanol–water partition coefficient (Wildman–Crippen LogP) is 3.02. The van der Waals surface area contributed by atoms with E-state index in [4.69, 9.17) is 4.74 Å². The molecule has 0 fully saturated rings. The van der Waals surface area contributed by atoms with Gasteiger partial charge >= 0.3 is 0 Å². The van der Waals surface area contributed by atoms with Crippen LogP contribution in [0.5, 0.6) is 5.75 Å². The molecule has 0 bridgehead atoms. The Labute approximate surface area is 129 Å². The molecule has 1 N–H and O–H groups in total. The zero-order chi connectivity index (χ0) is 15.0. The number of nitrogens with zero attached hydrogens (tertiary/aromatic N) is 3. The Bertz CT molecular complexity index is 647. The van der Waals surface area contributed by atoms with Gasteiger partial charge in [-0.15, -0.1) is 10.2 Å². The summed E-state index contributed by atoms with van der Waals surface area (Å²) in [5, 5.41) is 9.53. The SMILES string of the molecule is COc1ccccc1-c1nnc2n1NC(C(C)(C)C)CS2. The highest BCUT2D eigenvalue weighted by molar-refractivity contribution is 7.99. The minimum absolute atomic E-state index is 0.174. The highest BCUT2D eigenvalue weighted by Gasteiger charge is 2.31. The summed E-state index contributed by atoms with van der Waals surface area (Å²) in [6.07, 6.45) is 0. The molecule has 6 heteroatoms. The van der Waals surface area contributed by atoms with E-state index in [1.54, 1.807) is 18.9 Å². The number of benzene rings is 1. The molecule has 112 valence electrons. The summed E-state index contributed by atoms with van der Waals surface area (Å²) in [5.74, 6) is 2.59. The van der Waals surface area contributed by atoms with Crippen LogP contribution in [0.2, 0.25) is 0 Å². The average Bonchev–Trinajstić information content (AvgIpc) is 2.89. The molecule has 0 amide bonds. The first kappa shape index (κ1) is 14.3. The molecule has 0 radical (unpaired) electrons. The summed E-state index contributed by atoms with van der Waals surface area (Å²) in [6.45, 7) is 6.72. The maximum Gasteiger partial charge on any atom is 0.210 e. The maximum absolute atomic E-state index is 5.44. The van der Waals surface area contributed by atoms with Crippen molar-refractivity contribution in [3.8, 4) is 17.1 Å². The lowest BCUT2D eigenvalue weighted by Gasteiger charge is -2.35. The molecule has 1 aliphatic rings. The van der Waals surface area contributed by atoms with Crippen LogP contribution in [0.3, 0.4) is 0 Å². The van der Waals surface area contributed by atoms with Crippen molar-refractivity contribution in [1.29, 1.82) is 0 Å². The molecule has 1 aromatic heterocycles. The highest BCUT2D eigenvalue weighted by atomic mass is 32.2. The van der Waals surface area contributed by atoms with Gasteiger partial charge in [0.05, 0.1) is 18.7 Å². The molecular formula is C15H20N4OS. The van der Waals surface area contributed by atoms with Crippen LogP contribution in [0.4, 0.5) is 0 Å². The molecule has 2 heterocycles. The van der Waals surface area contributed by atoms with Crippen molar-refractivity contribution < 1.29 is 4.74 Å². The minimum atomic E-state index is 0.174. The van der Waals surface area contributed by atoms with Crippen molar-refractivity contribution in [2.45, 2.75) is 32.0 Å². The summed E-state index contributed by atoms with van der Waals surface area (Å²) in [7, 11) is 1.67. The van der Waals surface area contributed by atoms with Gasteiger partial charge in [0.2, 0.25) is 5.16 Å². The number of fused-ring (bicyclic) bond motifs is 1. The molecule has 1 atom stereocenters. The Morgan fingerprint density at radius 1 is 1.29 bits per heavy atom. The van der Waals surface area contributed by atoms with E-state index in [9.17, 15) is 0 Å². The van der Waals surface area contributed by atoms with Crippen LogP contribution in [0.1, 0.15) is 20.8 Å². The molecule has 1 aromatic carbocycles. The summed E-state index contributed by atoms with van der Waals surface area (Å²) in [4.78, 5) is 0.